The van der Waals surface area contributed by atoms with E-state index in [4.69, 9.17) is 4.74 Å². The van der Waals surface area contributed by atoms with Crippen LogP contribution in [0.2, 0.25) is 0 Å². The summed E-state index contributed by atoms with van der Waals surface area (Å²) in [6, 6.07) is 1.15. The third-order valence-electron chi connectivity index (χ3n) is 3.37. The molecule has 1 amide bonds. The Kier molecular flexibility index (Phi) is 4.69. The van der Waals surface area contributed by atoms with Gasteiger partial charge in [-0.15, -0.1) is 0 Å². The van der Waals surface area contributed by atoms with Crippen LogP contribution in [0.4, 0.5) is 11.5 Å². The maximum atomic E-state index is 12.3. The number of carbonyl (C=O) groups is 1. The minimum absolute atomic E-state index is 0.0665. The number of hydrogen-bond acceptors (Lipinski definition) is 6. The molecule has 8 heteroatoms. The smallest absolute Gasteiger partial charge is 0.288 e. The van der Waals surface area contributed by atoms with Crippen LogP contribution in [-0.2, 0) is 4.74 Å². The number of amides is 1. The lowest BCUT2D eigenvalue weighted by Crippen LogP contribution is -2.39. The van der Waals surface area contributed by atoms with Crippen LogP contribution in [0.1, 0.15) is 30.6 Å². The van der Waals surface area contributed by atoms with Gasteiger partial charge in [-0.25, -0.2) is 4.98 Å². The Bertz CT molecular complexity index is 549. The third kappa shape index (κ3) is 3.46. The van der Waals surface area contributed by atoms with E-state index in [1.807, 2.05) is 13.8 Å². The van der Waals surface area contributed by atoms with Gasteiger partial charge in [-0.1, -0.05) is 0 Å². The molecule has 0 spiro atoms. The van der Waals surface area contributed by atoms with Gasteiger partial charge in [-0.3, -0.25) is 14.9 Å². The van der Waals surface area contributed by atoms with Gasteiger partial charge < -0.3 is 15.4 Å². The zero-order chi connectivity index (χ0) is 15.4. The fourth-order valence-electron chi connectivity index (χ4n) is 2.20. The van der Waals surface area contributed by atoms with E-state index in [2.05, 4.69) is 15.6 Å². The molecule has 8 nitrogen and oxygen atoms in total. The predicted octanol–water partition coefficient (Wildman–Crippen LogP) is 1.33. The first-order chi connectivity index (χ1) is 10.0. The van der Waals surface area contributed by atoms with Gasteiger partial charge in [-0.05, 0) is 20.3 Å². The SMILES string of the molecule is CCNc1ncc([N+](=O)[O-])cc1C(=O)NC1CCOC1C. The van der Waals surface area contributed by atoms with Crippen molar-refractivity contribution >= 4 is 17.4 Å². The lowest BCUT2D eigenvalue weighted by Gasteiger charge is -2.17. The number of carbonyl (C=O) groups excluding carboxylic acids is 1. The topological polar surface area (TPSA) is 106 Å². The quantitative estimate of drug-likeness (QED) is 0.626. The molecule has 0 saturated carbocycles. The molecule has 1 aliphatic rings. The highest BCUT2D eigenvalue weighted by Gasteiger charge is 2.27. The fourth-order valence-corrected chi connectivity index (χ4v) is 2.20. The zero-order valence-electron chi connectivity index (χ0n) is 12.0. The average Bonchev–Trinajstić information content (AvgIpc) is 2.84. The number of pyridine rings is 1. The highest BCUT2D eigenvalue weighted by atomic mass is 16.6. The number of aromatic nitrogens is 1. The monoisotopic (exact) mass is 294 g/mol. The van der Waals surface area contributed by atoms with Crippen LogP contribution >= 0.6 is 0 Å². The Labute approximate surface area is 122 Å². The Morgan fingerprint density at radius 1 is 1.62 bits per heavy atom. The second-order valence-corrected chi connectivity index (χ2v) is 4.82. The Hall–Kier alpha value is -2.22. The van der Waals surface area contributed by atoms with Crippen molar-refractivity contribution in [3.8, 4) is 0 Å². The molecule has 21 heavy (non-hydrogen) atoms. The number of nitrogens with zero attached hydrogens (tertiary/aromatic N) is 2. The molecular formula is C13H18N4O4. The molecule has 0 bridgehead atoms. The molecule has 2 unspecified atom stereocenters. The van der Waals surface area contributed by atoms with Gasteiger partial charge >= 0.3 is 0 Å². The lowest BCUT2D eigenvalue weighted by molar-refractivity contribution is -0.385. The maximum Gasteiger partial charge on any atom is 0.288 e. The highest BCUT2D eigenvalue weighted by Crippen LogP contribution is 2.20. The van der Waals surface area contributed by atoms with Crippen LogP contribution in [0.3, 0.4) is 0 Å². The second-order valence-electron chi connectivity index (χ2n) is 4.82. The van der Waals surface area contributed by atoms with Gasteiger partial charge in [0.2, 0.25) is 0 Å². The third-order valence-corrected chi connectivity index (χ3v) is 3.37. The summed E-state index contributed by atoms with van der Waals surface area (Å²) < 4.78 is 5.39. The number of anilines is 1. The fraction of sp³-hybridized carbons (Fsp3) is 0.538. The van der Waals surface area contributed by atoms with Crippen molar-refractivity contribution < 1.29 is 14.5 Å². The van der Waals surface area contributed by atoms with Gasteiger partial charge in [0.1, 0.15) is 12.0 Å². The minimum Gasteiger partial charge on any atom is -0.376 e. The van der Waals surface area contributed by atoms with Crippen molar-refractivity contribution in [2.75, 3.05) is 18.5 Å². The molecule has 0 aliphatic carbocycles. The Balaban J connectivity index is 2.24. The van der Waals surface area contributed by atoms with Crippen LogP contribution in [0.25, 0.3) is 0 Å². The van der Waals surface area contributed by atoms with Crippen molar-refractivity contribution in [2.24, 2.45) is 0 Å². The molecule has 1 aromatic heterocycles. The van der Waals surface area contributed by atoms with E-state index in [-0.39, 0.29) is 29.3 Å². The molecule has 0 radical (unpaired) electrons. The summed E-state index contributed by atoms with van der Waals surface area (Å²) in [6.07, 6.45) is 1.80. The first-order valence-corrected chi connectivity index (χ1v) is 6.83. The Morgan fingerprint density at radius 3 is 2.95 bits per heavy atom. The van der Waals surface area contributed by atoms with Crippen LogP contribution in [0.5, 0.6) is 0 Å². The van der Waals surface area contributed by atoms with Gasteiger partial charge in [0.05, 0.1) is 22.6 Å². The van der Waals surface area contributed by atoms with E-state index in [0.29, 0.717) is 19.0 Å². The van der Waals surface area contributed by atoms with Crippen LogP contribution in [0.15, 0.2) is 12.3 Å². The number of hydrogen-bond donors (Lipinski definition) is 2. The van der Waals surface area contributed by atoms with Crippen LogP contribution in [-0.4, -0.2) is 41.1 Å². The van der Waals surface area contributed by atoms with Crippen molar-refractivity contribution in [3.63, 3.8) is 0 Å². The molecule has 0 aromatic carbocycles. The van der Waals surface area contributed by atoms with Gasteiger partial charge in [-0.2, -0.15) is 0 Å². The van der Waals surface area contributed by atoms with E-state index >= 15 is 0 Å². The average molecular weight is 294 g/mol. The molecule has 114 valence electrons. The van der Waals surface area contributed by atoms with Crippen molar-refractivity contribution in [2.45, 2.75) is 32.4 Å². The molecule has 2 N–H and O–H groups in total. The largest absolute Gasteiger partial charge is 0.376 e. The van der Waals surface area contributed by atoms with Gasteiger partial charge in [0.25, 0.3) is 11.6 Å². The summed E-state index contributed by atoms with van der Waals surface area (Å²) in [7, 11) is 0. The normalized spacial score (nSPS) is 21.0. The first kappa shape index (κ1) is 15.2. The molecule has 1 aromatic rings. The summed E-state index contributed by atoms with van der Waals surface area (Å²) in [5, 5.41) is 16.6. The molecule has 2 atom stereocenters. The zero-order valence-corrected chi connectivity index (χ0v) is 12.0. The van der Waals surface area contributed by atoms with Crippen molar-refractivity contribution in [1.29, 1.82) is 0 Å². The second kappa shape index (κ2) is 6.49. The van der Waals surface area contributed by atoms with E-state index in [0.717, 1.165) is 12.6 Å². The van der Waals surface area contributed by atoms with E-state index in [1.54, 1.807) is 0 Å². The van der Waals surface area contributed by atoms with Gasteiger partial charge in [0.15, 0.2) is 0 Å². The molecule has 1 saturated heterocycles. The standard InChI is InChI=1S/C13H18N4O4/c1-3-14-12-10(6-9(7-15-12)17(19)20)13(18)16-11-4-5-21-8(11)2/h6-8,11H,3-5H2,1-2H3,(H,14,15)(H,16,18). The van der Waals surface area contributed by atoms with E-state index < -0.39 is 4.92 Å². The minimum atomic E-state index is -0.569. The number of rotatable bonds is 5. The summed E-state index contributed by atoms with van der Waals surface area (Å²) in [5.41, 5.74) is -0.0392. The van der Waals surface area contributed by atoms with Crippen molar-refractivity contribution in [3.05, 3.63) is 27.9 Å². The van der Waals surface area contributed by atoms with E-state index in [1.165, 1.54) is 6.07 Å². The molecule has 1 fully saturated rings. The summed E-state index contributed by atoms with van der Waals surface area (Å²) in [6.45, 7) is 4.90. The summed E-state index contributed by atoms with van der Waals surface area (Å²) in [5.74, 6) is -0.0448. The van der Waals surface area contributed by atoms with Crippen LogP contribution in [0, 0.1) is 10.1 Å². The Morgan fingerprint density at radius 2 is 2.38 bits per heavy atom. The van der Waals surface area contributed by atoms with Crippen molar-refractivity contribution in [1.82, 2.24) is 10.3 Å². The predicted molar refractivity (Wildman–Crippen MR) is 76.3 cm³/mol. The number of nitrogens with one attached hydrogen (secondary N) is 2. The van der Waals surface area contributed by atoms with E-state index in [9.17, 15) is 14.9 Å². The summed E-state index contributed by atoms with van der Waals surface area (Å²) >= 11 is 0. The molecule has 2 rings (SSSR count). The molecule has 1 aliphatic heterocycles. The maximum absolute atomic E-state index is 12.3. The molecular weight excluding hydrogens is 276 g/mol. The first-order valence-electron chi connectivity index (χ1n) is 6.83. The number of ether oxygens (including phenoxy) is 1. The van der Waals surface area contributed by atoms with Crippen LogP contribution < -0.4 is 10.6 Å². The summed E-state index contributed by atoms with van der Waals surface area (Å²) in [4.78, 5) is 26.6. The molecule has 2 heterocycles. The highest BCUT2D eigenvalue weighted by molar-refractivity contribution is 5.99. The lowest BCUT2D eigenvalue weighted by atomic mass is 10.1. The van der Waals surface area contributed by atoms with Gasteiger partial charge in [0, 0.05) is 19.2 Å². The number of nitro groups is 1.